The van der Waals surface area contributed by atoms with Gasteiger partial charge in [0.15, 0.2) is 23.3 Å². The molecule has 1 aromatic rings. The molecule has 9 heteroatoms. The van der Waals surface area contributed by atoms with Crippen LogP contribution in [-0.2, 0) is 13.7 Å². The first kappa shape index (κ1) is 17.3. The number of hydrogen-bond acceptors (Lipinski definition) is 5. The summed E-state index contributed by atoms with van der Waals surface area (Å²) in [6.45, 7) is 4.30. The summed E-state index contributed by atoms with van der Waals surface area (Å²) >= 11 is 0.0715. The second-order valence-corrected chi connectivity index (χ2v) is 4.63. The zero-order valence-electron chi connectivity index (χ0n) is 10.8. The summed E-state index contributed by atoms with van der Waals surface area (Å²) < 4.78 is 62.4. The van der Waals surface area contributed by atoms with Crippen LogP contribution in [0, 0.1) is 23.3 Å². The lowest BCUT2D eigenvalue weighted by Crippen LogP contribution is -2.10. The van der Waals surface area contributed by atoms with E-state index in [0.29, 0.717) is 0 Å². The topological polar surface area (TPSA) is 61.5 Å². The van der Waals surface area contributed by atoms with Crippen molar-refractivity contribution < 1.29 is 31.3 Å². The summed E-state index contributed by atoms with van der Waals surface area (Å²) in [5.41, 5.74) is 3.77. The smallest absolute Gasteiger partial charge is 0.333 e. The Bertz CT molecular complexity index is 551. The second kappa shape index (κ2) is 7.32. The molecule has 0 spiro atoms. The maximum Gasteiger partial charge on any atom is 0.333 e. The number of hydrogen-bond donors (Lipinski definition) is 1. The van der Waals surface area contributed by atoms with Crippen molar-refractivity contribution in [2.75, 3.05) is 18.9 Å². The predicted molar refractivity (Wildman–Crippen MR) is 68.3 cm³/mol. The van der Waals surface area contributed by atoms with Crippen molar-refractivity contribution in [3.8, 4) is 0 Å². The molecule has 0 fully saturated rings. The van der Waals surface area contributed by atoms with Crippen molar-refractivity contribution in [2.24, 2.45) is 0 Å². The Morgan fingerprint density at radius 2 is 1.67 bits per heavy atom. The molecule has 4 nitrogen and oxygen atoms in total. The van der Waals surface area contributed by atoms with Gasteiger partial charge in [0.25, 0.3) is 0 Å². The van der Waals surface area contributed by atoms with Crippen LogP contribution >= 0.6 is 12.0 Å². The number of halogens is 4. The predicted octanol–water partition coefficient (Wildman–Crippen LogP) is 2.97. The van der Waals surface area contributed by atoms with Gasteiger partial charge >= 0.3 is 5.97 Å². The minimum Gasteiger partial charge on any atom is -0.460 e. The number of anilines is 1. The molecular weight excluding hydrogens is 314 g/mol. The molecule has 0 aliphatic heterocycles. The van der Waals surface area contributed by atoms with Gasteiger partial charge in [0.1, 0.15) is 17.2 Å². The molecule has 1 aromatic carbocycles. The van der Waals surface area contributed by atoms with E-state index >= 15 is 0 Å². The monoisotopic (exact) mass is 325 g/mol. The summed E-state index contributed by atoms with van der Waals surface area (Å²) in [5.74, 6) is -7.38. The van der Waals surface area contributed by atoms with Gasteiger partial charge in [-0.05, 0) is 6.92 Å². The number of carbonyl (C=O) groups excluding carboxylic acids is 1. The number of carbonyl (C=O) groups is 1. The van der Waals surface area contributed by atoms with E-state index in [4.69, 9.17) is 9.92 Å². The lowest BCUT2D eigenvalue weighted by atomic mass is 10.2. The van der Waals surface area contributed by atoms with Crippen molar-refractivity contribution in [2.45, 2.75) is 11.8 Å². The Balaban J connectivity index is 2.61. The summed E-state index contributed by atoms with van der Waals surface area (Å²) in [6, 6.07) is 0. The molecule has 0 aromatic heterocycles. The van der Waals surface area contributed by atoms with Crippen LogP contribution in [0.2, 0.25) is 0 Å². The van der Waals surface area contributed by atoms with Crippen LogP contribution in [0.15, 0.2) is 17.0 Å². The zero-order valence-corrected chi connectivity index (χ0v) is 11.7. The van der Waals surface area contributed by atoms with E-state index < -0.39 is 39.8 Å². The standard InChI is InChI=1S/C12H11F4NO3S/c1-5(2)12(18)19-3-4-20-21-11-8(15)6(13)10(17)7(14)9(11)16/h1,3-4,17H2,2H3. The van der Waals surface area contributed by atoms with Crippen LogP contribution in [0.25, 0.3) is 0 Å². The fourth-order valence-corrected chi connectivity index (χ4v) is 1.69. The molecule has 0 unspecified atom stereocenters. The number of benzene rings is 1. The second-order valence-electron chi connectivity index (χ2n) is 3.82. The van der Waals surface area contributed by atoms with E-state index in [1.165, 1.54) is 6.92 Å². The van der Waals surface area contributed by atoms with Crippen molar-refractivity contribution in [1.82, 2.24) is 0 Å². The van der Waals surface area contributed by atoms with Gasteiger partial charge in [-0.2, -0.15) is 0 Å². The molecule has 0 bridgehead atoms. The third-order valence-corrected chi connectivity index (χ3v) is 2.96. The molecule has 0 heterocycles. The maximum atomic E-state index is 13.4. The summed E-state index contributed by atoms with van der Waals surface area (Å²) in [5, 5.41) is 0. The van der Waals surface area contributed by atoms with Crippen LogP contribution in [-0.4, -0.2) is 19.2 Å². The summed E-state index contributed by atoms with van der Waals surface area (Å²) in [4.78, 5) is 9.98. The Kier molecular flexibility index (Phi) is 6.03. The molecule has 2 N–H and O–H groups in total. The molecule has 0 saturated heterocycles. The van der Waals surface area contributed by atoms with Crippen LogP contribution in [0.5, 0.6) is 0 Å². The Morgan fingerprint density at radius 1 is 1.14 bits per heavy atom. The number of nitrogens with two attached hydrogens (primary N) is 1. The normalized spacial score (nSPS) is 10.5. The molecule has 116 valence electrons. The fourth-order valence-electron chi connectivity index (χ4n) is 1.09. The minimum atomic E-state index is -1.70. The molecule has 0 radical (unpaired) electrons. The van der Waals surface area contributed by atoms with Crippen molar-refractivity contribution in [1.29, 1.82) is 0 Å². The molecular formula is C12H11F4NO3S. The van der Waals surface area contributed by atoms with Gasteiger partial charge in [-0.1, -0.05) is 6.58 Å². The Morgan fingerprint density at radius 3 is 2.14 bits per heavy atom. The average molecular weight is 325 g/mol. The van der Waals surface area contributed by atoms with Gasteiger partial charge in [-0.3, -0.25) is 0 Å². The van der Waals surface area contributed by atoms with Crippen LogP contribution in [0.4, 0.5) is 23.2 Å². The number of rotatable bonds is 6. The van der Waals surface area contributed by atoms with Crippen LogP contribution < -0.4 is 5.73 Å². The highest BCUT2D eigenvalue weighted by Gasteiger charge is 2.24. The molecule has 0 atom stereocenters. The van der Waals surface area contributed by atoms with Gasteiger partial charge in [-0.25, -0.2) is 22.4 Å². The van der Waals surface area contributed by atoms with Crippen molar-refractivity contribution in [3.05, 3.63) is 35.4 Å². The summed E-state index contributed by atoms with van der Waals surface area (Å²) in [6.07, 6.45) is 0. The van der Waals surface area contributed by atoms with Crippen molar-refractivity contribution in [3.63, 3.8) is 0 Å². The molecule has 21 heavy (non-hydrogen) atoms. The first-order valence-corrected chi connectivity index (χ1v) is 6.25. The third-order valence-electron chi connectivity index (χ3n) is 2.15. The molecule has 0 aliphatic carbocycles. The van der Waals surface area contributed by atoms with Crippen LogP contribution in [0.3, 0.4) is 0 Å². The minimum absolute atomic E-state index is 0.0715. The SMILES string of the molecule is C=C(C)C(=O)OCCOSc1c(F)c(F)c(N)c(F)c1F. The van der Waals surface area contributed by atoms with Crippen molar-refractivity contribution >= 4 is 23.7 Å². The van der Waals surface area contributed by atoms with E-state index in [1.54, 1.807) is 0 Å². The Hall–Kier alpha value is -1.74. The first-order chi connectivity index (χ1) is 9.77. The largest absolute Gasteiger partial charge is 0.460 e. The Labute approximate surface area is 122 Å². The van der Waals surface area contributed by atoms with E-state index in [1.807, 2.05) is 0 Å². The average Bonchev–Trinajstić information content (AvgIpc) is 2.45. The first-order valence-electron chi connectivity index (χ1n) is 5.50. The van der Waals surface area contributed by atoms with E-state index in [9.17, 15) is 22.4 Å². The number of nitrogen functional groups attached to an aromatic ring is 1. The molecule has 0 aliphatic rings. The third kappa shape index (κ3) is 4.11. The lowest BCUT2D eigenvalue weighted by Gasteiger charge is -2.09. The van der Waals surface area contributed by atoms with E-state index in [-0.39, 0.29) is 30.8 Å². The molecule has 0 saturated carbocycles. The number of esters is 1. The highest BCUT2D eigenvalue weighted by atomic mass is 32.2. The van der Waals surface area contributed by atoms with Gasteiger partial charge in [0.05, 0.1) is 6.61 Å². The lowest BCUT2D eigenvalue weighted by molar-refractivity contribution is -0.139. The van der Waals surface area contributed by atoms with E-state index in [2.05, 4.69) is 11.3 Å². The van der Waals surface area contributed by atoms with Gasteiger partial charge in [0.2, 0.25) is 0 Å². The molecule has 1 rings (SSSR count). The van der Waals surface area contributed by atoms with Gasteiger partial charge in [-0.15, -0.1) is 0 Å². The molecule has 0 amide bonds. The zero-order chi connectivity index (χ0) is 16.2. The highest BCUT2D eigenvalue weighted by molar-refractivity contribution is 7.94. The van der Waals surface area contributed by atoms with Gasteiger partial charge < -0.3 is 14.7 Å². The van der Waals surface area contributed by atoms with Gasteiger partial charge in [0, 0.05) is 17.6 Å². The maximum absolute atomic E-state index is 13.4. The summed E-state index contributed by atoms with van der Waals surface area (Å²) in [7, 11) is 0. The fraction of sp³-hybridized carbons (Fsp3) is 0.250. The highest BCUT2D eigenvalue weighted by Crippen LogP contribution is 2.32. The van der Waals surface area contributed by atoms with E-state index in [0.717, 1.165) is 0 Å². The number of ether oxygens (including phenoxy) is 1. The quantitative estimate of drug-likeness (QED) is 0.166. The van der Waals surface area contributed by atoms with Crippen LogP contribution in [0.1, 0.15) is 6.92 Å².